The Balaban J connectivity index is 1.66. The summed E-state index contributed by atoms with van der Waals surface area (Å²) >= 11 is 0. The molecule has 2 N–H and O–H groups in total. The van der Waals surface area contributed by atoms with Gasteiger partial charge in [0.15, 0.2) is 0 Å². The van der Waals surface area contributed by atoms with Crippen molar-refractivity contribution in [3.8, 4) is 0 Å². The molecule has 0 spiro atoms. The lowest BCUT2D eigenvalue weighted by molar-refractivity contribution is -0.137. The molecule has 27 heavy (non-hydrogen) atoms. The standard InChI is InChI=1S/C18H19F3N4O2/c1-11-23-15(9-16(24-11)22-10-14-3-2-8-27-14)17(26)25-13-6-4-12(5-7-13)18(19,20)21/h4-7,9,14H,2-3,8,10H2,1H3,(H,25,26)(H,22,23,24). The molecule has 6 nitrogen and oxygen atoms in total. The maximum atomic E-state index is 12.6. The van der Waals surface area contributed by atoms with E-state index in [1.165, 1.54) is 18.2 Å². The predicted molar refractivity (Wildman–Crippen MR) is 93.6 cm³/mol. The molecule has 9 heteroatoms. The molecule has 0 aliphatic carbocycles. The number of aryl methyl sites for hydroxylation is 1. The minimum absolute atomic E-state index is 0.115. The van der Waals surface area contributed by atoms with Gasteiger partial charge in [-0.05, 0) is 44.0 Å². The van der Waals surface area contributed by atoms with Crippen LogP contribution in [0.1, 0.15) is 34.7 Å². The minimum Gasteiger partial charge on any atom is -0.376 e. The summed E-state index contributed by atoms with van der Waals surface area (Å²) in [6.07, 6.45) is -2.31. The molecule has 1 aromatic heterocycles. The number of amides is 1. The Morgan fingerprint density at radius 1 is 1.26 bits per heavy atom. The Kier molecular flexibility index (Phi) is 5.59. The van der Waals surface area contributed by atoms with Gasteiger partial charge in [0.25, 0.3) is 5.91 Å². The number of carbonyl (C=O) groups excluding carboxylic acids is 1. The molecule has 1 amide bonds. The Labute approximate surface area is 154 Å². The molecule has 2 aromatic rings. The molecule has 0 radical (unpaired) electrons. The van der Waals surface area contributed by atoms with Crippen LogP contribution < -0.4 is 10.6 Å². The number of ether oxygens (including phenoxy) is 1. The van der Waals surface area contributed by atoms with Crippen molar-refractivity contribution in [2.24, 2.45) is 0 Å². The highest BCUT2D eigenvalue weighted by atomic mass is 19.4. The van der Waals surface area contributed by atoms with Gasteiger partial charge in [-0.3, -0.25) is 4.79 Å². The second-order valence-electron chi connectivity index (χ2n) is 6.23. The largest absolute Gasteiger partial charge is 0.416 e. The van der Waals surface area contributed by atoms with Gasteiger partial charge in [-0.15, -0.1) is 0 Å². The number of carbonyl (C=O) groups is 1. The van der Waals surface area contributed by atoms with Gasteiger partial charge in [0.1, 0.15) is 17.3 Å². The second kappa shape index (κ2) is 7.91. The van der Waals surface area contributed by atoms with Crippen LogP contribution in [0.15, 0.2) is 30.3 Å². The van der Waals surface area contributed by atoms with Gasteiger partial charge in [-0.25, -0.2) is 9.97 Å². The SMILES string of the molecule is Cc1nc(NCC2CCCO2)cc(C(=O)Nc2ccc(C(F)(F)F)cc2)n1. The van der Waals surface area contributed by atoms with Gasteiger partial charge in [0, 0.05) is 24.9 Å². The molecular weight excluding hydrogens is 361 g/mol. The maximum Gasteiger partial charge on any atom is 0.416 e. The Morgan fingerprint density at radius 3 is 2.63 bits per heavy atom. The first-order valence-corrected chi connectivity index (χ1v) is 8.51. The molecular formula is C18H19F3N4O2. The van der Waals surface area contributed by atoms with Crippen molar-refractivity contribution < 1.29 is 22.7 Å². The lowest BCUT2D eigenvalue weighted by Crippen LogP contribution is -2.20. The third-order valence-electron chi connectivity index (χ3n) is 4.08. The van der Waals surface area contributed by atoms with Crippen LogP contribution in [-0.4, -0.2) is 35.1 Å². The Morgan fingerprint density at radius 2 is 2.00 bits per heavy atom. The Bertz CT molecular complexity index is 803. The molecule has 1 aliphatic rings. The average Bonchev–Trinajstić information content (AvgIpc) is 3.13. The van der Waals surface area contributed by atoms with Crippen LogP contribution in [0.5, 0.6) is 0 Å². The molecule has 1 saturated heterocycles. The molecule has 3 rings (SSSR count). The molecule has 1 atom stereocenters. The average molecular weight is 380 g/mol. The van der Waals surface area contributed by atoms with E-state index in [4.69, 9.17) is 4.74 Å². The zero-order valence-corrected chi connectivity index (χ0v) is 14.6. The summed E-state index contributed by atoms with van der Waals surface area (Å²) in [6.45, 7) is 2.98. The van der Waals surface area contributed by atoms with E-state index in [1.54, 1.807) is 6.92 Å². The summed E-state index contributed by atoms with van der Waals surface area (Å²) in [6, 6.07) is 5.73. The zero-order chi connectivity index (χ0) is 19.4. The molecule has 0 bridgehead atoms. The number of nitrogens with zero attached hydrogens (tertiary/aromatic N) is 2. The zero-order valence-electron chi connectivity index (χ0n) is 14.6. The van der Waals surface area contributed by atoms with Crippen LogP contribution in [0.25, 0.3) is 0 Å². The van der Waals surface area contributed by atoms with Crippen molar-refractivity contribution in [1.82, 2.24) is 9.97 Å². The van der Waals surface area contributed by atoms with Crippen molar-refractivity contribution in [2.45, 2.75) is 32.0 Å². The number of hydrogen-bond acceptors (Lipinski definition) is 5. The number of rotatable bonds is 5. The van der Waals surface area contributed by atoms with E-state index in [1.807, 2.05) is 0 Å². The first kappa shape index (κ1) is 19.1. The highest BCUT2D eigenvalue weighted by Crippen LogP contribution is 2.29. The van der Waals surface area contributed by atoms with E-state index in [0.717, 1.165) is 31.6 Å². The number of halogens is 3. The van der Waals surface area contributed by atoms with Crippen molar-refractivity contribution >= 4 is 17.4 Å². The third-order valence-corrected chi connectivity index (χ3v) is 4.08. The van der Waals surface area contributed by atoms with Gasteiger partial charge >= 0.3 is 6.18 Å². The number of aromatic nitrogens is 2. The lowest BCUT2D eigenvalue weighted by Gasteiger charge is -2.13. The van der Waals surface area contributed by atoms with Crippen LogP contribution in [0.3, 0.4) is 0 Å². The van der Waals surface area contributed by atoms with E-state index in [-0.39, 0.29) is 17.5 Å². The first-order chi connectivity index (χ1) is 12.8. The summed E-state index contributed by atoms with van der Waals surface area (Å²) in [7, 11) is 0. The molecule has 1 unspecified atom stereocenters. The van der Waals surface area contributed by atoms with Gasteiger partial charge < -0.3 is 15.4 Å². The minimum atomic E-state index is -4.42. The molecule has 1 aromatic carbocycles. The summed E-state index contributed by atoms with van der Waals surface area (Å²) in [5.74, 6) is 0.376. The normalized spacial score (nSPS) is 17.0. The van der Waals surface area contributed by atoms with E-state index in [0.29, 0.717) is 18.2 Å². The van der Waals surface area contributed by atoms with E-state index in [2.05, 4.69) is 20.6 Å². The molecule has 1 fully saturated rings. The predicted octanol–water partition coefficient (Wildman–Crippen LogP) is 3.65. The van der Waals surface area contributed by atoms with Crippen molar-refractivity contribution in [1.29, 1.82) is 0 Å². The van der Waals surface area contributed by atoms with Crippen molar-refractivity contribution in [3.05, 3.63) is 47.4 Å². The van der Waals surface area contributed by atoms with Gasteiger partial charge in [-0.1, -0.05) is 0 Å². The monoisotopic (exact) mass is 380 g/mol. The highest BCUT2D eigenvalue weighted by Gasteiger charge is 2.30. The highest BCUT2D eigenvalue weighted by molar-refractivity contribution is 6.03. The van der Waals surface area contributed by atoms with Crippen LogP contribution in [-0.2, 0) is 10.9 Å². The molecule has 1 aliphatic heterocycles. The fourth-order valence-corrected chi connectivity index (χ4v) is 2.74. The smallest absolute Gasteiger partial charge is 0.376 e. The topological polar surface area (TPSA) is 76.1 Å². The fraction of sp³-hybridized carbons (Fsp3) is 0.389. The first-order valence-electron chi connectivity index (χ1n) is 8.51. The molecule has 0 saturated carbocycles. The third kappa shape index (κ3) is 5.16. The second-order valence-corrected chi connectivity index (χ2v) is 6.23. The summed E-state index contributed by atoms with van der Waals surface area (Å²) in [5.41, 5.74) is -0.408. The Hall–Kier alpha value is -2.68. The van der Waals surface area contributed by atoms with Crippen LogP contribution in [0.4, 0.5) is 24.7 Å². The van der Waals surface area contributed by atoms with Crippen molar-refractivity contribution in [3.63, 3.8) is 0 Å². The van der Waals surface area contributed by atoms with E-state index in [9.17, 15) is 18.0 Å². The molecule has 2 heterocycles. The molecule has 144 valence electrons. The van der Waals surface area contributed by atoms with Crippen molar-refractivity contribution in [2.75, 3.05) is 23.8 Å². The van der Waals surface area contributed by atoms with E-state index < -0.39 is 17.6 Å². The summed E-state index contributed by atoms with van der Waals surface area (Å²) < 4.78 is 43.3. The number of nitrogens with one attached hydrogen (secondary N) is 2. The number of hydrogen-bond donors (Lipinski definition) is 2. The number of anilines is 2. The number of alkyl halides is 3. The van der Waals surface area contributed by atoms with Crippen LogP contribution in [0, 0.1) is 6.92 Å². The van der Waals surface area contributed by atoms with Crippen LogP contribution >= 0.6 is 0 Å². The summed E-state index contributed by atoms with van der Waals surface area (Å²) in [4.78, 5) is 20.7. The quantitative estimate of drug-likeness (QED) is 0.828. The van der Waals surface area contributed by atoms with Gasteiger partial charge in [0.2, 0.25) is 0 Å². The fourth-order valence-electron chi connectivity index (χ4n) is 2.74. The van der Waals surface area contributed by atoms with Crippen LogP contribution in [0.2, 0.25) is 0 Å². The summed E-state index contributed by atoms with van der Waals surface area (Å²) in [5, 5.41) is 5.67. The van der Waals surface area contributed by atoms with Gasteiger partial charge in [0.05, 0.1) is 11.7 Å². The lowest BCUT2D eigenvalue weighted by atomic mass is 10.2. The van der Waals surface area contributed by atoms with E-state index >= 15 is 0 Å². The maximum absolute atomic E-state index is 12.6. The number of benzene rings is 1. The van der Waals surface area contributed by atoms with Gasteiger partial charge in [-0.2, -0.15) is 13.2 Å².